The Labute approximate surface area is 206 Å². The number of benzene rings is 1. The number of rotatable bonds is 9. The molecule has 0 radical (unpaired) electrons. The second-order valence-electron chi connectivity index (χ2n) is 7.97. The zero-order chi connectivity index (χ0) is 24.6. The fourth-order valence-electron chi connectivity index (χ4n) is 3.63. The van der Waals surface area contributed by atoms with Gasteiger partial charge in [-0.1, -0.05) is 0 Å². The number of carbonyl (C=O) groups excluding carboxylic acids is 3. The van der Waals surface area contributed by atoms with E-state index in [-0.39, 0.29) is 24.8 Å². The molecule has 0 atom stereocenters. The average Bonchev–Trinajstić information content (AvgIpc) is 3.59. The minimum absolute atomic E-state index is 0.104. The molecule has 4 rings (SSSR count). The number of ether oxygens (including phenoxy) is 1. The van der Waals surface area contributed by atoms with Crippen molar-refractivity contribution in [2.45, 2.75) is 6.54 Å². The van der Waals surface area contributed by atoms with Crippen LogP contribution in [0.1, 0.15) is 16.2 Å². The van der Waals surface area contributed by atoms with Gasteiger partial charge in [0.15, 0.2) is 5.76 Å². The maximum atomic E-state index is 12.5. The Morgan fingerprint density at radius 3 is 2.51 bits per heavy atom. The van der Waals surface area contributed by atoms with E-state index >= 15 is 0 Å². The number of nitrogens with one attached hydrogen (secondary N) is 2. The van der Waals surface area contributed by atoms with Gasteiger partial charge < -0.3 is 24.7 Å². The molecule has 3 amide bonds. The summed E-state index contributed by atoms with van der Waals surface area (Å²) in [5.74, 6) is -0.126. The quantitative estimate of drug-likeness (QED) is 0.461. The number of methoxy groups -OCH3 is 1. The molecule has 3 heterocycles. The first-order chi connectivity index (χ1) is 17.0. The molecule has 1 aromatic carbocycles. The predicted octanol–water partition coefficient (Wildman–Crippen LogP) is 1.60. The highest BCUT2D eigenvalue weighted by Gasteiger charge is 2.22. The summed E-state index contributed by atoms with van der Waals surface area (Å²) >= 11 is 1.61. The van der Waals surface area contributed by atoms with Gasteiger partial charge in [-0.25, -0.2) is 4.98 Å². The van der Waals surface area contributed by atoms with Crippen molar-refractivity contribution in [2.24, 2.45) is 0 Å². The van der Waals surface area contributed by atoms with E-state index in [1.807, 2.05) is 24.3 Å². The summed E-state index contributed by atoms with van der Waals surface area (Å²) in [4.78, 5) is 45.0. The van der Waals surface area contributed by atoms with E-state index in [1.165, 1.54) is 12.3 Å². The van der Waals surface area contributed by atoms with Gasteiger partial charge in [-0.3, -0.25) is 19.3 Å². The van der Waals surface area contributed by atoms with Crippen molar-refractivity contribution in [2.75, 3.05) is 46.4 Å². The summed E-state index contributed by atoms with van der Waals surface area (Å²) in [6.45, 7) is 3.02. The van der Waals surface area contributed by atoms with Crippen LogP contribution < -0.4 is 15.4 Å². The molecule has 0 spiro atoms. The number of furan rings is 1. The van der Waals surface area contributed by atoms with Gasteiger partial charge >= 0.3 is 0 Å². The lowest BCUT2D eigenvalue weighted by Crippen LogP contribution is -2.51. The standard InChI is InChI=1S/C24H27N5O5S/c1-33-19-6-4-17(5-7-19)24-27-18(16-35-24)15-28-8-10-29(11-9-28)22(31)14-25-21(30)13-26-23(32)20-3-2-12-34-20/h2-7,12,16H,8-11,13-15H2,1H3,(H,25,30)(H,26,32). The lowest BCUT2D eigenvalue weighted by Gasteiger charge is -2.34. The summed E-state index contributed by atoms with van der Waals surface area (Å²) in [6.07, 6.45) is 1.38. The lowest BCUT2D eigenvalue weighted by molar-refractivity contribution is -0.134. The summed E-state index contributed by atoms with van der Waals surface area (Å²) in [5.41, 5.74) is 2.06. The highest BCUT2D eigenvalue weighted by atomic mass is 32.1. The third-order valence-electron chi connectivity index (χ3n) is 5.59. The highest BCUT2D eigenvalue weighted by molar-refractivity contribution is 7.13. The van der Waals surface area contributed by atoms with E-state index in [9.17, 15) is 14.4 Å². The van der Waals surface area contributed by atoms with Crippen LogP contribution in [0.2, 0.25) is 0 Å². The van der Waals surface area contributed by atoms with Gasteiger partial charge in [-0.05, 0) is 36.4 Å². The van der Waals surface area contributed by atoms with E-state index in [2.05, 4.69) is 20.9 Å². The van der Waals surface area contributed by atoms with Crippen LogP contribution >= 0.6 is 11.3 Å². The topological polar surface area (TPSA) is 117 Å². The number of hydrogen-bond donors (Lipinski definition) is 2. The Bertz CT molecular complexity index is 1140. The number of nitrogens with zero attached hydrogens (tertiary/aromatic N) is 3. The first kappa shape index (κ1) is 24.4. The summed E-state index contributed by atoms with van der Waals surface area (Å²) in [7, 11) is 1.64. The number of aromatic nitrogens is 1. The molecule has 1 saturated heterocycles. The van der Waals surface area contributed by atoms with E-state index in [0.717, 1.165) is 41.6 Å². The molecular formula is C24H27N5O5S. The highest BCUT2D eigenvalue weighted by Crippen LogP contribution is 2.26. The van der Waals surface area contributed by atoms with Gasteiger partial charge in [-0.15, -0.1) is 11.3 Å². The van der Waals surface area contributed by atoms with Gasteiger partial charge in [-0.2, -0.15) is 0 Å². The number of piperazine rings is 1. The van der Waals surface area contributed by atoms with Crippen molar-refractivity contribution in [1.82, 2.24) is 25.4 Å². The lowest BCUT2D eigenvalue weighted by atomic mass is 10.2. The van der Waals surface area contributed by atoms with Gasteiger partial charge in [0.2, 0.25) is 11.8 Å². The summed E-state index contributed by atoms with van der Waals surface area (Å²) < 4.78 is 10.2. The van der Waals surface area contributed by atoms with Crippen LogP contribution in [-0.2, 0) is 16.1 Å². The second kappa shape index (κ2) is 11.6. The Hall–Kier alpha value is -3.70. The maximum absolute atomic E-state index is 12.5. The molecule has 2 aromatic heterocycles. The third kappa shape index (κ3) is 6.67. The van der Waals surface area contributed by atoms with Crippen molar-refractivity contribution in [1.29, 1.82) is 0 Å². The molecule has 2 N–H and O–H groups in total. The van der Waals surface area contributed by atoms with Crippen molar-refractivity contribution in [3.63, 3.8) is 0 Å². The zero-order valence-corrected chi connectivity index (χ0v) is 20.2. The molecular weight excluding hydrogens is 470 g/mol. The molecule has 1 aliphatic rings. The molecule has 10 nitrogen and oxygen atoms in total. The van der Waals surface area contributed by atoms with Crippen molar-refractivity contribution in [3.05, 3.63) is 59.5 Å². The number of thiazole rings is 1. The van der Waals surface area contributed by atoms with E-state index < -0.39 is 11.8 Å². The first-order valence-corrected chi connectivity index (χ1v) is 12.1. The summed E-state index contributed by atoms with van der Waals surface area (Å²) in [5, 5.41) is 8.03. The molecule has 0 unspecified atom stereocenters. The smallest absolute Gasteiger partial charge is 0.287 e. The molecule has 1 fully saturated rings. The van der Waals surface area contributed by atoms with E-state index in [4.69, 9.17) is 14.1 Å². The average molecular weight is 498 g/mol. The Balaban J connectivity index is 1.16. The molecule has 1 aliphatic heterocycles. The second-order valence-corrected chi connectivity index (χ2v) is 8.82. The summed E-state index contributed by atoms with van der Waals surface area (Å²) in [6, 6.07) is 10.9. The maximum Gasteiger partial charge on any atom is 0.287 e. The van der Waals surface area contributed by atoms with Gasteiger partial charge in [0, 0.05) is 43.7 Å². The van der Waals surface area contributed by atoms with Crippen LogP contribution in [0.15, 0.2) is 52.5 Å². The first-order valence-electron chi connectivity index (χ1n) is 11.2. The molecule has 3 aromatic rings. The van der Waals surface area contributed by atoms with Crippen LogP contribution in [0.25, 0.3) is 10.6 Å². The number of amides is 3. The van der Waals surface area contributed by atoms with Crippen LogP contribution in [0, 0.1) is 0 Å². The molecule has 184 valence electrons. The fourth-order valence-corrected chi connectivity index (χ4v) is 4.45. The Morgan fingerprint density at radius 1 is 1.06 bits per heavy atom. The van der Waals surface area contributed by atoms with Crippen molar-refractivity contribution >= 4 is 29.1 Å². The van der Waals surface area contributed by atoms with Crippen LogP contribution in [-0.4, -0.2) is 78.9 Å². The van der Waals surface area contributed by atoms with Crippen molar-refractivity contribution in [3.8, 4) is 16.3 Å². The van der Waals surface area contributed by atoms with Crippen LogP contribution in [0.3, 0.4) is 0 Å². The van der Waals surface area contributed by atoms with Crippen LogP contribution in [0.4, 0.5) is 0 Å². The normalized spacial score (nSPS) is 13.9. The van der Waals surface area contributed by atoms with E-state index in [0.29, 0.717) is 13.1 Å². The molecule has 35 heavy (non-hydrogen) atoms. The van der Waals surface area contributed by atoms with Gasteiger partial charge in [0.05, 0.1) is 32.2 Å². The molecule has 0 aliphatic carbocycles. The van der Waals surface area contributed by atoms with Gasteiger partial charge in [0.1, 0.15) is 10.8 Å². The SMILES string of the molecule is COc1ccc(-c2nc(CN3CCN(C(=O)CNC(=O)CNC(=O)c4ccco4)CC3)cs2)cc1. The minimum atomic E-state index is -0.483. The number of hydrogen-bond acceptors (Lipinski definition) is 8. The largest absolute Gasteiger partial charge is 0.497 e. The minimum Gasteiger partial charge on any atom is -0.497 e. The third-order valence-corrected chi connectivity index (χ3v) is 6.53. The van der Waals surface area contributed by atoms with Crippen molar-refractivity contribution < 1.29 is 23.5 Å². The zero-order valence-electron chi connectivity index (χ0n) is 19.4. The van der Waals surface area contributed by atoms with Crippen LogP contribution in [0.5, 0.6) is 5.75 Å². The molecule has 11 heteroatoms. The predicted molar refractivity (Wildman–Crippen MR) is 130 cm³/mol. The Kier molecular flexibility index (Phi) is 8.11. The molecule has 0 bridgehead atoms. The molecule has 0 saturated carbocycles. The fraction of sp³-hybridized carbons (Fsp3) is 0.333. The van der Waals surface area contributed by atoms with E-state index in [1.54, 1.807) is 29.4 Å². The number of carbonyl (C=O) groups is 3. The Morgan fingerprint density at radius 2 is 1.83 bits per heavy atom. The van der Waals surface area contributed by atoms with Gasteiger partial charge in [0.25, 0.3) is 5.91 Å². The monoisotopic (exact) mass is 497 g/mol.